The zero-order valence-electron chi connectivity index (χ0n) is 14.0. The molecule has 0 aliphatic carbocycles. The van der Waals surface area contributed by atoms with Crippen LogP contribution >= 0.6 is 0 Å². The number of H-pyrrole nitrogens is 1. The lowest BCUT2D eigenvalue weighted by atomic mass is 10.2. The number of aromatic nitrogens is 2. The third-order valence-electron chi connectivity index (χ3n) is 4.02. The predicted molar refractivity (Wildman–Crippen MR) is 101 cm³/mol. The van der Waals surface area contributed by atoms with E-state index in [1.807, 2.05) is 42.5 Å². The quantitative estimate of drug-likeness (QED) is 0.582. The number of pyridine rings is 1. The Kier molecular flexibility index (Phi) is 3.97. The van der Waals surface area contributed by atoms with Gasteiger partial charge in [0.25, 0.3) is 0 Å². The van der Waals surface area contributed by atoms with Crippen LogP contribution in [0.1, 0.15) is 0 Å². The van der Waals surface area contributed by atoms with Crippen LogP contribution in [0.15, 0.2) is 77.8 Å². The third-order valence-corrected chi connectivity index (χ3v) is 5.15. The molecule has 1 N–H and O–H groups in total. The Hall–Kier alpha value is -3.12. The first-order chi connectivity index (χ1) is 12.5. The van der Waals surface area contributed by atoms with E-state index in [9.17, 15) is 8.42 Å². The molecule has 0 fully saturated rings. The van der Waals surface area contributed by atoms with Crippen LogP contribution < -0.4 is 4.74 Å². The standard InChI is InChI=1S/C20H16N2O3S/c1-26(23,24)17-8-5-15(6-9-17)25-16-7-10-18-14(12-16)13-20(22-18)19-4-2-3-11-21-19/h2-13,22H,1H3. The maximum atomic E-state index is 11.5. The number of sulfone groups is 1. The van der Waals surface area contributed by atoms with E-state index in [2.05, 4.69) is 9.97 Å². The minimum atomic E-state index is -3.21. The first-order valence-corrected chi connectivity index (χ1v) is 9.90. The summed E-state index contributed by atoms with van der Waals surface area (Å²) in [6.07, 6.45) is 2.94. The fourth-order valence-electron chi connectivity index (χ4n) is 2.73. The summed E-state index contributed by atoms with van der Waals surface area (Å²) in [7, 11) is -3.21. The third kappa shape index (κ3) is 3.32. The average molecular weight is 364 g/mol. The monoisotopic (exact) mass is 364 g/mol. The Morgan fingerprint density at radius 3 is 2.38 bits per heavy atom. The van der Waals surface area contributed by atoms with Gasteiger partial charge in [-0.2, -0.15) is 0 Å². The second kappa shape index (κ2) is 6.31. The SMILES string of the molecule is CS(=O)(=O)c1ccc(Oc2ccc3[nH]c(-c4ccccn4)cc3c2)cc1. The molecule has 0 aliphatic rings. The fourth-order valence-corrected chi connectivity index (χ4v) is 3.36. The molecule has 0 spiro atoms. The van der Waals surface area contributed by atoms with Crippen molar-refractivity contribution in [3.8, 4) is 22.9 Å². The molecule has 130 valence electrons. The molecule has 0 saturated heterocycles. The molecule has 2 heterocycles. The van der Waals surface area contributed by atoms with Gasteiger partial charge in [-0.3, -0.25) is 4.98 Å². The molecule has 0 radical (unpaired) electrons. The molecule has 0 atom stereocenters. The molecular formula is C20H16N2O3S. The smallest absolute Gasteiger partial charge is 0.175 e. The van der Waals surface area contributed by atoms with E-state index >= 15 is 0 Å². The molecule has 2 aromatic heterocycles. The van der Waals surface area contributed by atoms with Crippen LogP contribution in [-0.4, -0.2) is 24.6 Å². The number of hydrogen-bond acceptors (Lipinski definition) is 4. The summed E-state index contributed by atoms with van der Waals surface area (Å²) in [5.41, 5.74) is 2.81. The van der Waals surface area contributed by atoms with Crippen LogP contribution in [0.2, 0.25) is 0 Å². The van der Waals surface area contributed by atoms with E-state index in [1.165, 1.54) is 6.26 Å². The maximum absolute atomic E-state index is 11.5. The lowest BCUT2D eigenvalue weighted by molar-refractivity contribution is 0.483. The second-order valence-electron chi connectivity index (χ2n) is 5.99. The molecule has 2 aromatic carbocycles. The van der Waals surface area contributed by atoms with E-state index in [0.29, 0.717) is 11.5 Å². The van der Waals surface area contributed by atoms with Crippen molar-refractivity contribution >= 4 is 20.7 Å². The minimum absolute atomic E-state index is 0.269. The van der Waals surface area contributed by atoms with Gasteiger partial charge in [0, 0.05) is 23.4 Å². The number of fused-ring (bicyclic) bond motifs is 1. The molecule has 0 amide bonds. The Balaban J connectivity index is 1.61. The summed E-state index contributed by atoms with van der Waals surface area (Å²) in [6, 6.07) is 19.9. The molecule has 0 saturated carbocycles. The van der Waals surface area contributed by atoms with Gasteiger partial charge in [0.05, 0.1) is 16.3 Å². The lowest BCUT2D eigenvalue weighted by Gasteiger charge is -2.06. The van der Waals surface area contributed by atoms with Gasteiger partial charge in [-0.25, -0.2) is 8.42 Å². The number of rotatable bonds is 4. The molecule has 4 rings (SSSR count). The molecule has 0 aliphatic heterocycles. The molecule has 26 heavy (non-hydrogen) atoms. The van der Waals surface area contributed by atoms with Gasteiger partial charge in [0.1, 0.15) is 11.5 Å². The Morgan fingerprint density at radius 2 is 1.69 bits per heavy atom. The van der Waals surface area contributed by atoms with Crippen LogP contribution in [-0.2, 0) is 9.84 Å². The summed E-state index contributed by atoms with van der Waals surface area (Å²) < 4.78 is 28.9. The van der Waals surface area contributed by atoms with Crippen molar-refractivity contribution in [1.82, 2.24) is 9.97 Å². The fraction of sp³-hybridized carbons (Fsp3) is 0.0500. The summed E-state index contributed by atoms with van der Waals surface area (Å²) >= 11 is 0. The summed E-state index contributed by atoms with van der Waals surface area (Å²) in [4.78, 5) is 7.96. The number of nitrogens with one attached hydrogen (secondary N) is 1. The van der Waals surface area contributed by atoms with Crippen molar-refractivity contribution in [2.75, 3.05) is 6.26 Å². The predicted octanol–water partition coefficient (Wildman–Crippen LogP) is 4.43. The normalized spacial score (nSPS) is 11.6. The van der Waals surface area contributed by atoms with Crippen molar-refractivity contribution in [3.63, 3.8) is 0 Å². The highest BCUT2D eigenvalue weighted by Crippen LogP contribution is 2.29. The Labute approximate surface area is 151 Å². The van der Waals surface area contributed by atoms with E-state index in [-0.39, 0.29) is 4.90 Å². The number of benzene rings is 2. The molecule has 4 aromatic rings. The van der Waals surface area contributed by atoms with Gasteiger partial charge in [0.15, 0.2) is 9.84 Å². The molecule has 5 nitrogen and oxygen atoms in total. The van der Waals surface area contributed by atoms with E-state index in [1.54, 1.807) is 30.5 Å². The Morgan fingerprint density at radius 1 is 0.923 bits per heavy atom. The molecule has 0 bridgehead atoms. The average Bonchev–Trinajstić information content (AvgIpc) is 3.05. The summed E-state index contributed by atoms with van der Waals surface area (Å²) in [5, 5.41) is 1.01. The zero-order chi connectivity index (χ0) is 18.1. The largest absolute Gasteiger partial charge is 0.457 e. The van der Waals surface area contributed by atoms with Crippen molar-refractivity contribution in [1.29, 1.82) is 0 Å². The van der Waals surface area contributed by atoms with Gasteiger partial charge in [-0.15, -0.1) is 0 Å². The Bertz CT molecular complexity index is 1160. The summed E-state index contributed by atoms with van der Waals surface area (Å²) in [6.45, 7) is 0. The molecular weight excluding hydrogens is 348 g/mol. The van der Waals surface area contributed by atoms with Crippen LogP contribution in [0, 0.1) is 0 Å². The van der Waals surface area contributed by atoms with Gasteiger partial charge < -0.3 is 9.72 Å². The van der Waals surface area contributed by atoms with E-state index < -0.39 is 9.84 Å². The van der Waals surface area contributed by atoms with Crippen molar-refractivity contribution < 1.29 is 13.2 Å². The van der Waals surface area contributed by atoms with Gasteiger partial charge in [-0.05, 0) is 60.7 Å². The van der Waals surface area contributed by atoms with Crippen molar-refractivity contribution in [2.24, 2.45) is 0 Å². The van der Waals surface area contributed by atoms with Crippen molar-refractivity contribution in [2.45, 2.75) is 4.90 Å². The van der Waals surface area contributed by atoms with E-state index in [4.69, 9.17) is 4.74 Å². The van der Waals surface area contributed by atoms with Crippen LogP contribution in [0.5, 0.6) is 11.5 Å². The van der Waals surface area contributed by atoms with Gasteiger partial charge >= 0.3 is 0 Å². The number of ether oxygens (including phenoxy) is 1. The van der Waals surface area contributed by atoms with Crippen LogP contribution in [0.3, 0.4) is 0 Å². The van der Waals surface area contributed by atoms with Gasteiger partial charge in [0.2, 0.25) is 0 Å². The highest BCUT2D eigenvalue weighted by Gasteiger charge is 2.08. The highest BCUT2D eigenvalue weighted by molar-refractivity contribution is 7.90. The molecule has 0 unspecified atom stereocenters. The van der Waals surface area contributed by atoms with Crippen molar-refractivity contribution in [3.05, 3.63) is 72.9 Å². The number of hydrogen-bond donors (Lipinski definition) is 1. The minimum Gasteiger partial charge on any atom is -0.457 e. The first-order valence-electron chi connectivity index (χ1n) is 8.01. The zero-order valence-corrected chi connectivity index (χ0v) is 14.8. The molecule has 6 heteroatoms. The summed E-state index contributed by atoms with van der Waals surface area (Å²) in [5.74, 6) is 1.26. The first kappa shape index (κ1) is 16.4. The topological polar surface area (TPSA) is 72.1 Å². The van der Waals surface area contributed by atoms with Gasteiger partial charge in [-0.1, -0.05) is 6.07 Å². The maximum Gasteiger partial charge on any atom is 0.175 e. The second-order valence-corrected chi connectivity index (χ2v) is 8.01. The highest BCUT2D eigenvalue weighted by atomic mass is 32.2. The van der Waals surface area contributed by atoms with Crippen LogP contribution in [0.25, 0.3) is 22.3 Å². The van der Waals surface area contributed by atoms with Crippen LogP contribution in [0.4, 0.5) is 0 Å². The number of nitrogens with zero attached hydrogens (tertiary/aromatic N) is 1. The lowest BCUT2D eigenvalue weighted by Crippen LogP contribution is -1.96. The number of aromatic amines is 1. The van der Waals surface area contributed by atoms with E-state index in [0.717, 1.165) is 22.3 Å².